The van der Waals surface area contributed by atoms with E-state index in [9.17, 15) is 13.2 Å². The van der Waals surface area contributed by atoms with Gasteiger partial charge in [-0.25, -0.2) is 18.4 Å². The van der Waals surface area contributed by atoms with Crippen molar-refractivity contribution in [1.29, 1.82) is 0 Å². The van der Waals surface area contributed by atoms with Crippen LogP contribution in [-0.2, 0) is 10.0 Å². The number of nitrogen functional groups attached to an aromatic ring is 1. The van der Waals surface area contributed by atoms with Crippen molar-refractivity contribution in [2.24, 2.45) is 0 Å². The molecule has 0 aliphatic heterocycles. The predicted octanol–water partition coefficient (Wildman–Crippen LogP) is 0.873. The summed E-state index contributed by atoms with van der Waals surface area (Å²) in [4.78, 5) is 18.6. The van der Waals surface area contributed by atoms with Gasteiger partial charge in [0.2, 0.25) is 5.95 Å². The molecule has 0 unspecified atom stereocenters. The smallest absolute Gasteiger partial charge is 0.264 e. The van der Waals surface area contributed by atoms with Crippen molar-refractivity contribution in [3.05, 3.63) is 41.2 Å². The normalized spacial score (nSPS) is 11.0. The van der Waals surface area contributed by atoms with Gasteiger partial charge in [-0.15, -0.1) is 0 Å². The van der Waals surface area contributed by atoms with Gasteiger partial charge in [0, 0.05) is 7.05 Å². The molecule has 0 aliphatic rings. The lowest BCUT2D eigenvalue weighted by Crippen LogP contribution is -2.18. The van der Waals surface area contributed by atoms with Crippen LogP contribution in [0.2, 0.25) is 5.02 Å². The SMILES string of the molecule is CNC(=O)c1ccc(NS(=O)(=O)c2cnc(N)nc2)cc1Cl. The number of halogens is 1. The summed E-state index contributed by atoms with van der Waals surface area (Å²) in [6.45, 7) is 0. The van der Waals surface area contributed by atoms with Crippen molar-refractivity contribution in [3.63, 3.8) is 0 Å². The van der Waals surface area contributed by atoms with E-state index >= 15 is 0 Å². The van der Waals surface area contributed by atoms with E-state index in [1.165, 1.54) is 25.2 Å². The number of anilines is 2. The summed E-state index contributed by atoms with van der Waals surface area (Å²) in [6, 6.07) is 4.17. The molecule has 1 aromatic carbocycles. The molecule has 0 spiro atoms. The quantitative estimate of drug-likeness (QED) is 0.757. The summed E-state index contributed by atoms with van der Waals surface area (Å²) in [6.07, 6.45) is 2.18. The van der Waals surface area contributed by atoms with Gasteiger partial charge in [-0.05, 0) is 18.2 Å². The van der Waals surface area contributed by atoms with E-state index in [1.54, 1.807) is 0 Å². The molecule has 2 rings (SSSR count). The molecule has 116 valence electrons. The van der Waals surface area contributed by atoms with Gasteiger partial charge < -0.3 is 11.1 Å². The number of amides is 1. The third-order valence-electron chi connectivity index (χ3n) is 2.65. The van der Waals surface area contributed by atoms with Gasteiger partial charge in [0.25, 0.3) is 15.9 Å². The van der Waals surface area contributed by atoms with Crippen molar-refractivity contribution in [2.45, 2.75) is 4.90 Å². The average molecular weight is 342 g/mol. The molecule has 22 heavy (non-hydrogen) atoms. The number of nitrogens with zero attached hydrogens (tertiary/aromatic N) is 2. The Balaban J connectivity index is 2.28. The maximum Gasteiger partial charge on any atom is 0.264 e. The first-order valence-corrected chi connectivity index (χ1v) is 7.81. The Kier molecular flexibility index (Phi) is 4.48. The number of nitrogens with one attached hydrogen (secondary N) is 2. The van der Waals surface area contributed by atoms with Crippen LogP contribution in [0.4, 0.5) is 11.6 Å². The third kappa shape index (κ3) is 3.43. The Bertz CT molecular complexity index is 808. The fraction of sp³-hybridized carbons (Fsp3) is 0.0833. The van der Waals surface area contributed by atoms with E-state index in [1.807, 2.05) is 0 Å². The van der Waals surface area contributed by atoms with E-state index in [0.717, 1.165) is 12.4 Å². The Labute approximate surface area is 131 Å². The van der Waals surface area contributed by atoms with Gasteiger partial charge in [-0.2, -0.15) is 0 Å². The Morgan fingerprint density at radius 1 is 1.27 bits per heavy atom. The number of sulfonamides is 1. The summed E-state index contributed by atoms with van der Waals surface area (Å²) in [7, 11) is -2.41. The summed E-state index contributed by atoms with van der Waals surface area (Å²) in [5.41, 5.74) is 5.75. The zero-order valence-corrected chi connectivity index (χ0v) is 12.9. The van der Waals surface area contributed by atoms with Gasteiger partial charge >= 0.3 is 0 Å². The van der Waals surface area contributed by atoms with Crippen molar-refractivity contribution >= 4 is 39.2 Å². The maximum absolute atomic E-state index is 12.1. The summed E-state index contributed by atoms with van der Waals surface area (Å²) < 4.78 is 26.6. The minimum Gasteiger partial charge on any atom is -0.368 e. The molecule has 10 heteroatoms. The molecule has 0 radical (unpaired) electrons. The molecule has 8 nitrogen and oxygen atoms in total. The van der Waals surface area contributed by atoms with Gasteiger partial charge in [0.05, 0.1) is 28.7 Å². The number of benzene rings is 1. The van der Waals surface area contributed by atoms with Crippen LogP contribution in [0, 0.1) is 0 Å². The van der Waals surface area contributed by atoms with Crippen LogP contribution < -0.4 is 15.8 Å². The van der Waals surface area contributed by atoms with Gasteiger partial charge in [0.1, 0.15) is 4.90 Å². The van der Waals surface area contributed by atoms with E-state index in [4.69, 9.17) is 17.3 Å². The highest BCUT2D eigenvalue weighted by molar-refractivity contribution is 7.92. The van der Waals surface area contributed by atoms with Crippen molar-refractivity contribution in [1.82, 2.24) is 15.3 Å². The van der Waals surface area contributed by atoms with Crippen LogP contribution in [0.15, 0.2) is 35.5 Å². The highest BCUT2D eigenvalue weighted by atomic mass is 35.5. The van der Waals surface area contributed by atoms with Crippen molar-refractivity contribution in [2.75, 3.05) is 17.5 Å². The fourth-order valence-corrected chi connectivity index (χ4v) is 2.78. The molecule has 1 amide bonds. The first kappa shape index (κ1) is 16.0. The third-order valence-corrected chi connectivity index (χ3v) is 4.30. The topological polar surface area (TPSA) is 127 Å². The van der Waals surface area contributed by atoms with E-state index < -0.39 is 10.0 Å². The molecule has 0 saturated carbocycles. The lowest BCUT2D eigenvalue weighted by Gasteiger charge is -2.09. The molecule has 0 aliphatic carbocycles. The fourth-order valence-electron chi connectivity index (χ4n) is 1.58. The van der Waals surface area contributed by atoms with Crippen LogP contribution >= 0.6 is 11.6 Å². The largest absolute Gasteiger partial charge is 0.368 e. The van der Waals surface area contributed by atoms with E-state index in [2.05, 4.69) is 20.0 Å². The summed E-state index contributed by atoms with van der Waals surface area (Å²) in [5, 5.41) is 2.55. The van der Waals surface area contributed by atoms with Crippen LogP contribution in [0.25, 0.3) is 0 Å². The number of hydrogen-bond acceptors (Lipinski definition) is 6. The molecule has 4 N–H and O–H groups in total. The monoisotopic (exact) mass is 341 g/mol. The zero-order chi connectivity index (χ0) is 16.3. The molecule has 2 aromatic rings. The van der Waals surface area contributed by atoms with E-state index in [0.29, 0.717) is 0 Å². The lowest BCUT2D eigenvalue weighted by atomic mass is 10.2. The van der Waals surface area contributed by atoms with Crippen molar-refractivity contribution < 1.29 is 13.2 Å². The van der Waals surface area contributed by atoms with E-state index in [-0.39, 0.29) is 33.0 Å². The maximum atomic E-state index is 12.1. The Hall–Kier alpha value is -2.39. The molecule has 0 saturated heterocycles. The first-order chi connectivity index (χ1) is 10.3. The Morgan fingerprint density at radius 2 is 1.91 bits per heavy atom. The standard InChI is InChI=1S/C12H12ClN5O3S/c1-15-11(19)9-3-2-7(4-10(9)13)18-22(20,21)8-5-16-12(14)17-6-8/h2-6,18H,1H3,(H,15,19)(H2,14,16,17). The highest BCUT2D eigenvalue weighted by Gasteiger charge is 2.17. The number of aromatic nitrogens is 2. The summed E-state index contributed by atoms with van der Waals surface area (Å²) >= 11 is 5.96. The van der Waals surface area contributed by atoms with Gasteiger partial charge in [-0.1, -0.05) is 11.6 Å². The first-order valence-electron chi connectivity index (χ1n) is 5.95. The minimum atomic E-state index is -3.88. The molecule has 0 atom stereocenters. The average Bonchev–Trinajstić information content (AvgIpc) is 2.46. The van der Waals surface area contributed by atoms with Crippen LogP contribution in [0.5, 0.6) is 0 Å². The molecular weight excluding hydrogens is 330 g/mol. The number of carbonyl (C=O) groups is 1. The number of hydrogen-bond donors (Lipinski definition) is 3. The number of nitrogens with two attached hydrogens (primary N) is 1. The highest BCUT2D eigenvalue weighted by Crippen LogP contribution is 2.23. The second kappa shape index (κ2) is 6.16. The number of rotatable bonds is 4. The second-order valence-electron chi connectivity index (χ2n) is 4.16. The zero-order valence-electron chi connectivity index (χ0n) is 11.4. The molecule has 1 heterocycles. The summed E-state index contributed by atoms with van der Waals surface area (Å²) in [5.74, 6) is -0.400. The van der Waals surface area contributed by atoms with Gasteiger partial charge in [0.15, 0.2) is 0 Å². The molecular formula is C12H12ClN5O3S. The van der Waals surface area contributed by atoms with Crippen molar-refractivity contribution in [3.8, 4) is 0 Å². The molecule has 1 aromatic heterocycles. The number of carbonyl (C=O) groups excluding carboxylic acids is 1. The van der Waals surface area contributed by atoms with Gasteiger partial charge in [-0.3, -0.25) is 9.52 Å². The lowest BCUT2D eigenvalue weighted by molar-refractivity contribution is 0.0963. The minimum absolute atomic E-state index is 0.0306. The Morgan fingerprint density at radius 3 is 2.45 bits per heavy atom. The molecule has 0 bridgehead atoms. The predicted molar refractivity (Wildman–Crippen MR) is 82.1 cm³/mol. The second-order valence-corrected chi connectivity index (χ2v) is 6.25. The van der Waals surface area contributed by atoms with Crippen LogP contribution in [-0.4, -0.2) is 31.3 Å². The van der Waals surface area contributed by atoms with Crippen LogP contribution in [0.3, 0.4) is 0 Å². The van der Waals surface area contributed by atoms with Crippen LogP contribution in [0.1, 0.15) is 10.4 Å². The molecule has 0 fully saturated rings.